The summed E-state index contributed by atoms with van der Waals surface area (Å²) in [6, 6.07) is 7.77. The first kappa shape index (κ1) is 22.3. The van der Waals surface area contributed by atoms with E-state index in [1.165, 1.54) is 0 Å². The van der Waals surface area contributed by atoms with Gasteiger partial charge in [-0.3, -0.25) is 9.59 Å². The van der Waals surface area contributed by atoms with Crippen LogP contribution in [0.3, 0.4) is 0 Å². The normalized spacial score (nSPS) is 14.7. The standard InChI is InChI=1S/C24H27ClN4O3/c1-4-32-24(31)18-8-10-28(11-9-18)23(30)21-14-26-29-16(3)20(15(2)27-22(21)29)13-17-6-5-7-19(25)12-17/h5-7,12,14,18H,4,8-11,13H2,1-3H3. The van der Waals surface area contributed by atoms with Gasteiger partial charge in [0.15, 0.2) is 5.65 Å². The van der Waals surface area contributed by atoms with Crippen LogP contribution in [0.1, 0.15) is 52.6 Å². The molecule has 1 aliphatic heterocycles. The first-order chi connectivity index (χ1) is 15.4. The molecule has 1 fully saturated rings. The van der Waals surface area contributed by atoms with Gasteiger partial charge in [0, 0.05) is 35.9 Å². The summed E-state index contributed by atoms with van der Waals surface area (Å²) in [5.74, 6) is -0.411. The maximum absolute atomic E-state index is 13.2. The van der Waals surface area contributed by atoms with Crippen molar-refractivity contribution in [3.05, 3.63) is 63.6 Å². The van der Waals surface area contributed by atoms with Crippen LogP contribution in [-0.2, 0) is 16.0 Å². The summed E-state index contributed by atoms with van der Waals surface area (Å²) in [5.41, 5.74) is 5.03. The van der Waals surface area contributed by atoms with Crippen molar-refractivity contribution in [2.75, 3.05) is 19.7 Å². The minimum Gasteiger partial charge on any atom is -0.466 e. The maximum atomic E-state index is 13.2. The van der Waals surface area contributed by atoms with Gasteiger partial charge in [0.2, 0.25) is 0 Å². The average molecular weight is 455 g/mol. The molecule has 0 saturated carbocycles. The molecule has 0 aliphatic carbocycles. The van der Waals surface area contributed by atoms with Crippen molar-refractivity contribution in [3.63, 3.8) is 0 Å². The summed E-state index contributed by atoms with van der Waals surface area (Å²) in [6.07, 6.45) is 3.50. The second-order valence-electron chi connectivity index (χ2n) is 8.18. The molecular formula is C24H27ClN4O3. The first-order valence-electron chi connectivity index (χ1n) is 10.9. The van der Waals surface area contributed by atoms with Gasteiger partial charge in [0.25, 0.3) is 5.91 Å². The average Bonchev–Trinajstić information content (AvgIpc) is 3.20. The number of benzene rings is 1. The van der Waals surface area contributed by atoms with E-state index in [9.17, 15) is 9.59 Å². The SMILES string of the molecule is CCOC(=O)C1CCN(C(=O)c2cnn3c(C)c(Cc4cccc(Cl)c4)c(C)nc23)CC1. The lowest BCUT2D eigenvalue weighted by Gasteiger charge is -2.30. The number of amides is 1. The second-order valence-corrected chi connectivity index (χ2v) is 8.62. The molecule has 2 aromatic heterocycles. The minimum atomic E-state index is -0.171. The van der Waals surface area contributed by atoms with E-state index in [-0.39, 0.29) is 17.8 Å². The zero-order valence-corrected chi connectivity index (χ0v) is 19.4. The van der Waals surface area contributed by atoms with Crippen LogP contribution in [0.25, 0.3) is 5.65 Å². The Morgan fingerprint density at radius 3 is 2.66 bits per heavy atom. The van der Waals surface area contributed by atoms with E-state index < -0.39 is 0 Å². The Hall–Kier alpha value is -2.93. The number of aryl methyl sites for hydroxylation is 2. The van der Waals surface area contributed by atoms with E-state index in [1.54, 1.807) is 22.5 Å². The quantitative estimate of drug-likeness (QED) is 0.544. The minimum absolute atomic E-state index is 0.101. The Labute approximate surface area is 192 Å². The van der Waals surface area contributed by atoms with Crippen LogP contribution >= 0.6 is 11.6 Å². The fourth-order valence-electron chi connectivity index (χ4n) is 4.32. The molecule has 3 heterocycles. The number of likely N-dealkylation sites (tertiary alicyclic amines) is 1. The molecule has 1 aromatic carbocycles. The summed E-state index contributed by atoms with van der Waals surface area (Å²) in [4.78, 5) is 31.7. The summed E-state index contributed by atoms with van der Waals surface area (Å²) in [6.45, 7) is 7.17. The predicted molar refractivity (Wildman–Crippen MR) is 122 cm³/mol. The molecular weight excluding hydrogens is 428 g/mol. The largest absolute Gasteiger partial charge is 0.466 e. The number of esters is 1. The fourth-order valence-corrected chi connectivity index (χ4v) is 4.53. The Morgan fingerprint density at radius 2 is 1.97 bits per heavy atom. The molecule has 0 radical (unpaired) electrons. The van der Waals surface area contributed by atoms with Crippen molar-refractivity contribution < 1.29 is 14.3 Å². The number of halogens is 1. The number of carbonyl (C=O) groups excluding carboxylic acids is 2. The van der Waals surface area contributed by atoms with Gasteiger partial charge in [-0.05, 0) is 56.9 Å². The van der Waals surface area contributed by atoms with Gasteiger partial charge >= 0.3 is 5.97 Å². The number of fused-ring (bicyclic) bond motifs is 1. The lowest BCUT2D eigenvalue weighted by molar-refractivity contribution is -0.149. The monoisotopic (exact) mass is 454 g/mol. The molecule has 168 valence electrons. The lowest BCUT2D eigenvalue weighted by atomic mass is 9.96. The molecule has 0 bridgehead atoms. The van der Waals surface area contributed by atoms with Crippen molar-refractivity contribution in [2.45, 2.75) is 40.0 Å². The van der Waals surface area contributed by atoms with E-state index >= 15 is 0 Å². The fraction of sp³-hybridized carbons (Fsp3) is 0.417. The van der Waals surface area contributed by atoms with Gasteiger partial charge in [0.05, 0.1) is 18.7 Å². The zero-order valence-electron chi connectivity index (χ0n) is 18.6. The van der Waals surface area contributed by atoms with E-state index in [0.29, 0.717) is 55.2 Å². The van der Waals surface area contributed by atoms with Crippen molar-refractivity contribution >= 4 is 29.1 Å². The summed E-state index contributed by atoms with van der Waals surface area (Å²) in [5, 5.41) is 5.17. The predicted octanol–water partition coefficient (Wildman–Crippen LogP) is 4.01. The second kappa shape index (κ2) is 9.28. The molecule has 0 unspecified atom stereocenters. The smallest absolute Gasteiger partial charge is 0.309 e. The van der Waals surface area contributed by atoms with Gasteiger partial charge in [-0.1, -0.05) is 23.7 Å². The third kappa shape index (κ3) is 4.35. The molecule has 0 N–H and O–H groups in total. The van der Waals surface area contributed by atoms with Crippen LogP contribution < -0.4 is 0 Å². The number of nitrogens with zero attached hydrogens (tertiary/aromatic N) is 4. The zero-order chi connectivity index (χ0) is 22.8. The van der Waals surface area contributed by atoms with Gasteiger partial charge in [0.1, 0.15) is 5.56 Å². The van der Waals surface area contributed by atoms with Crippen LogP contribution in [0.5, 0.6) is 0 Å². The van der Waals surface area contributed by atoms with Gasteiger partial charge in [-0.2, -0.15) is 5.10 Å². The molecule has 1 amide bonds. The van der Waals surface area contributed by atoms with E-state index in [0.717, 1.165) is 22.5 Å². The molecule has 0 spiro atoms. The van der Waals surface area contributed by atoms with E-state index in [2.05, 4.69) is 5.10 Å². The first-order valence-corrected chi connectivity index (χ1v) is 11.3. The molecule has 7 nitrogen and oxygen atoms in total. The third-order valence-electron chi connectivity index (χ3n) is 6.11. The Bertz CT molecular complexity index is 1170. The van der Waals surface area contributed by atoms with Crippen LogP contribution in [0.4, 0.5) is 0 Å². The van der Waals surface area contributed by atoms with Crippen LogP contribution in [-0.4, -0.2) is 51.1 Å². The van der Waals surface area contributed by atoms with E-state index in [4.69, 9.17) is 21.3 Å². The number of carbonyl (C=O) groups is 2. The van der Waals surface area contributed by atoms with Crippen molar-refractivity contribution in [2.24, 2.45) is 5.92 Å². The highest BCUT2D eigenvalue weighted by Crippen LogP contribution is 2.24. The highest BCUT2D eigenvalue weighted by molar-refractivity contribution is 6.30. The summed E-state index contributed by atoms with van der Waals surface area (Å²) < 4.78 is 6.86. The highest BCUT2D eigenvalue weighted by atomic mass is 35.5. The van der Waals surface area contributed by atoms with Crippen LogP contribution in [0, 0.1) is 19.8 Å². The maximum Gasteiger partial charge on any atom is 0.309 e. The molecule has 3 aromatic rings. The summed E-state index contributed by atoms with van der Waals surface area (Å²) in [7, 11) is 0. The van der Waals surface area contributed by atoms with Crippen molar-refractivity contribution in [1.82, 2.24) is 19.5 Å². The molecule has 0 atom stereocenters. The number of piperidine rings is 1. The van der Waals surface area contributed by atoms with Gasteiger partial charge in [-0.15, -0.1) is 0 Å². The lowest BCUT2D eigenvalue weighted by Crippen LogP contribution is -2.40. The Kier molecular flexibility index (Phi) is 6.46. The van der Waals surface area contributed by atoms with Crippen LogP contribution in [0.15, 0.2) is 30.5 Å². The molecule has 32 heavy (non-hydrogen) atoms. The Balaban J connectivity index is 1.56. The highest BCUT2D eigenvalue weighted by Gasteiger charge is 2.30. The molecule has 4 rings (SSSR count). The van der Waals surface area contributed by atoms with Crippen molar-refractivity contribution in [3.8, 4) is 0 Å². The van der Waals surface area contributed by atoms with Gasteiger partial charge < -0.3 is 9.64 Å². The number of rotatable bonds is 5. The number of aromatic nitrogens is 3. The molecule has 1 saturated heterocycles. The number of hydrogen-bond acceptors (Lipinski definition) is 5. The molecule has 1 aliphatic rings. The summed E-state index contributed by atoms with van der Waals surface area (Å²) >= 11 is 6.14. The number of ether oxygens (including phenoxy) is 1. The van der Waals surface area contributed by atoms with E-state index in [1.807, 2.05) is 38.1 Å². The topological polar surface area (TPSA) is 76.8 Å². The van der Waals surface area contributed by atoms with Gasteiger partial charge in [-0.25, -0.2) is 9.50 Å². The molecule has 8 heteroatoms. The van der Waals surface area contributed by atoms with Crippen LogP contribution in [0.2, 0.25) is 5.02 Å². The Morgan fingerprint density at radius 1 is 1.22 bits per heavy atom. The van der Waals surface area contributed by atoms with Crippen molar-refractivity contribution in [1.29, 1.82) is 0 Å². The third-order valence-corrected chi connectivity index (χ3v) is 6.35. The number of hydrogen-bond donors (Lipinski definition) is 0.